The number of aromatic hydroxyl groups is 1. The zero-order chi connectivity index (χ0) is 20.1. The molecule has 0 atom stereocenters. The highest BCUT2D eigenvalue weighted by Crippen LogP contribution is 2.27. The second kappa shape index (κ2) is 8.05. The van der Waals surface area contributed by atoms with Crippen molar-refractivity contribution in [3.05, 3.63) is 89.5 Å². The molecule has 0 saturated carbocycles. The average Bonchev–Trinajstić information content (AvgIpc) is 2.70. The molecule has 3 N–H and O–H groups in total. The molecule has 3 rings (SSSR count). The van der Waals surface area contributed by atoms with Gasteiger partial charge in [-0.3, -0.25) is 10.1 Å². The van der Waals surface area contributed by atoms with Gasteiger partial charge >= 0.3 is 12.1 Å². The van der Waals surface area contributed by atoms with Gasteiger partial charge in [-0.15, -0.1) is 0 Å². The highest BCUT2D eigenvalue weighted by molar-refractivity contribution is 6.09. The zero-order valence-electron chi connectivity index (χ0n) is 14.5. The van der Waals surface area contributed by atoms with Crippen molar-refractivity contribution in [2.75, 3.05) is 5.32 Å². The lowest BCUT2D eigenvalue weighted by atomic mass is 10.0. The van der Waals surface area contributed by atoms with E-state index < -0.39 is 17.8 Å². The van der Waals surface area contributed by atoms with E-state index in [9.17, 15) is 19.5 Å². The number of para-hydroxylation sites is 1. The number of carbonyl (C=O) groups is 3. The molecule has 0 unspecified atom stereocenters. The maximum atomic E-state index is 12.3. The average molecular weight is 377 g/mol. The molecule has 0 radical (unpaired) electrons. The third-order valence-corrected chi connectivity index (χ3v) is 3.87. The molecule has 0 aliphatic carbocycles. The van der Waals surface area contributed by atoms with Crippen molar-refractivity contribution in [2.24, 2.45) is 0 Å². The number of hydrogen-bond acceptors (Lipinski definition) is 5. The number of aromatic carboxylic acids is 1. The molecule has 0 aromatic heterocycles. The van der Waals surface area contributed by atoms with Crippen LogP contribution in [-0.2, 0) is 0 Å². The van der Waals surface area contributed by atoms with Gasteiger partial charge in [-0.25, -0.2) is 9.59 Å². The summed E-state index contributed by atoms with van der Waals surface area (Å²) < 4.78 is 5.09. The van der Waals surface area contributed by atoms with Gasteiger partial charge in [0.15, 0.2) is 11.5 Å². The second-order valence-electron chi connectivity index (χ2n) is 5.74. The Balaban J connectivity index is 1.68. The third kappa shape index (κ3) is 4.16. The molecule has 0 spiro atoms. The summed E-state index contributed by atoms with van der Waals surface area (Å²) in [4.78, 5) is 35.4. The number of carboxylic acid groups (broad SMARTS) is 1. The smallest absolute Gasteiger partial charge is 0.417 e. The van der Waals surface area contributed by atoms with Gasteiger partial charge in [-0.1, -0.05) is 36.4 Å². The maximum Gasteiger partial charge on any atom is 0.417 e. The Morgan fingerprint density at radius 2 is 1.43 bits per heavy atom. The molecule has 0 bridgehead atoms. The summed E-state index contributed by atoms with van der Waals surface area (Å²) in [6.45, 7) is 0. The number of phenols is 1. The van der Waals surface area contributed by atoms with E-state index >= 15 is 0 Å². The lowest BCUT2D eigenvalue weighted by molar-refractivity contribution is 0.0693. The van der Waals surface area contributed by atoms with E-state index in [4.69, 9.17) is 9.84 Å². The zero-order valence-corrected chi connectivity index (χ0v) is 14.5. The summed E-state index contributed by atoms with van der Waals surface area (Å²) in [6.07, 6.45) is -0.917. The summed E-state index contributed by atoms with van der Waals surface area (Å²) in [7, 11) is 0. The first-order chi connectivity index (χ1) is 13.5. The SMILES string of the molecule is O=C(Nc1cccc(C(=O)O)c1O)Oc1ccc(C(=O)c2ccccc2)cc1. The fourth-order valence-electron chi connectivity index (χ4n) is 2.49. The number of anilines is 1. The topological polar surface area (TPSA) is 113 Å². The number of benzene rings is 3. The number of amides is 1. The van der Waals surface area contributed by atoms with Crippen molar-refractivity contribution >= 4 is 23.5 Å². The standard InChI is InChI=1S/C21H15NO6/c23-18(13-5-2-1-3-6-13)14-9-11-15(12-10-14)28-21(27)22-17-8-4-7-16(19(17)24)20(25)26/h1-12,24H,(H,22,27)(H,25,26). The first kappa shape index (κ1) is 18.7. The van der Waals surface area contributed by atoms with Crippen LogP contribution in [0.25, 0.3) is 0 Å². The number of nitrogens with one attached hydrogen (secondary N) is 1. The molecule has 7 heteroatoms. The number of carboxylic acids is 1. The molecular weight excluding hydrogens is 362 g/mol. The predicted molar refractivity (Wildman–Crippen MR) is 101 cm³/mol. The number of ketones is 1. The van der Waals surface area contributed by atoms with Gasteiger partial charge in [-0.05, 0) is 36.4 Å². The largest absolute Gasteiger partial charge is 0.505 e. The van der Waals surface area contributed by atoms with Crippen molar-refractivity contribution in [3.63, 3.8) is 0 Å². The van der Waals surface area contributed by atoms with Crippen LogP contribution >= 0.6 is 0 Å². The highest BCUT2D eigenvalue weighted by atomic mass is 16.6. The lowest BCUT2D eigenvalue weighted by Gasteiger charge is -2.10. The van der Waals surface area contributed by atoms with E-state index in [0.29, 0.717) is 11.1 Å². The Morgan fingerprint density at radius 1 is 0.786 bits per heavy atom. The van der Waals surface area contributed by atoms with Crippen LogP contribution in [-0.4, -0.2) is 28.1 Å². The van der Waals surface area contributed by atoms with Crippen LogP contribution < -0.4 is 10.1 Å². The molecule has 7 nitrogen and oxygen atoms in total. The highest BCUT2D eigenvalue weighted by Gasteiger charge is 2.16. The van der Waals surface area contributed by atoms with Gasteiger partial charge < -0.3 is 14.9 Å². The monoisotopic (exact) mass is 377 g/mol. The normalized spacial score (nSPS) is 10.1. The number of hydrogen-bond donors (Lipinski definition) is 3. The summed E-state index contributed by atoms with van der Waals surface area (Å²) in [5.41, 5.74) is 0.538. The van der Waals surface area contributed by atoms with Gasteiger partial charge in [0.05, 0.1) is 5.69 Å². The molecule has 3 aromatic rings. The maximum absolute atomic E-state index is 12.3. The second-order valence-corrected chi connectivity index (χ2v) is 5.74. The van der Waals surface area contributed by atoms with Crippen molar-refractivity contribution in [1.29, 1.82) is 0 Å². The van der Waals surface area contributed by atoms with Gasteiger partial charge in [-0.2, -0.15) is 0 Å². The Hall–Kier alpha value is -4.13. The minimum Gasteiger partial charge on any atom is -0.505 e. The molecule has 140 valence electrons. The summed E-state index contributed by atoms with van der Waals surface area (Å²) in [5.74, 6) is -1.88. The van der Waals surface area contributed by atoms with E-state index in [1.807, 2.05) is 6.07 Å². The fraction of sp³-hybridized carbons (Fsp3) is 0. The number of rotatable bonds is 5. The fourth-order valence-corrected chi connectivity index (χ4v) is 2.49. The summed E-state index contributed by atoms with van der Waals surface area (Å²) in [5, 5.41) is 21.1. The summed E-state index contributed by atoms with van der Waals surface area (Å²) in [6, 6.07) is 18.7. The van der Waals surface area contributed by atoms with Crippen LogP contribution in [0.15, 0.2) is 72.8 Å². The Bertz CT molecular complexity index is 1030. The minimum atomic E-state index is -1.33. The van der Waals surface area contributed by atoms with Crippen LogP contribution in [0.3, 0.4) is 0 Å². The van der Waals surface area contributed by atoms with E-state index in [2.05, 4.69) is 5.32 Å². The third-order valence-electron chi connectivity index (χ3n) is 3.87. The first-order valence-corrected chi connectivity index (χ1v) is 8.19. The number of ether oxygens (including phenoxy) is 1. The first-order valence-electron chi connectivity index (χ1n) is 8.19. The van der Waals surface area contributed by atoms with Gasteiger partial charge in [0.2, 0.25) is 0 Å². The van der Waals surface area contributed by atoms with Crippen molar-refractivity contribution in [2.45, 2.75) is 0 Å². The van der Waals surface area contributed by atoms with Crippen LogP contribution in [0, 0.1) is 0 Å². The molecule has 0 aliphatic heterocycles. The molecule has 3 aromatic carbocycles. The molecule has 0 heterocycles. The predicted octanol–water partition coefficient (Wildman–Crippen LogP) is 3.93. The van der Waals surface area contributed by atoms with Gasteiger partial charge in [0, 0.05) is 11.1 Å². The van der Waals surface area contributed by atoms with E-state index in [-0.39, 0.29) is 22.8 Å². The van der Waals surface area contributed by atoms with Crippen molar-refractivity contribution < 1.29 is 29.3 Å². The molecule has 0 saturated heterocycles. The van der Waals surface area contributed by atoms with Crippen molar-refractivity contribution in [1.82, 2.24) is 0 Å². The molecule has 0 fully saturated rings. The molecule has 1 amide bonds. The molecule has 28 heavy (non-hydrogen) atoms. The van der Waals surface area contributed by atoms with E-state index in [1.54, 1.807) is 24.3 Å². The van der Waals surface area contributed by atoms with E-state index in [0.717, 1.165) is 0 Å². The van der Waals surface area contributed by atoms with E-state index in [1.165, 1.54) is 42.5 Å². The van der Waals surface area contributed by atoms with Crippen molar-refractivity contribution in [3.8, 4) is 11.5 Å². The quantitative estimate of drug-likeness (QED) is 0.459. The van der Waals surface area contributed by atoms with Crippen LogP contribution in [0.2, 0.25) is 0 Å². The Morgan fingerprint density at radius 3 is 2.07 bits per heavy atom. The molecule has 0 aliphatic rings. The van der Waals surface area contributed by atoms with Crippen LogP contribution in [0.5, 0.6) is 11.5 Å². The summed E-state index contributed by atoms with van der Waals surface area (Å²) >= 11 is 0. The van der Waals surface area contributed by atoms with Crippen LogP contribution in [0.1, 0.15) is 26.3 Å². The number of carbonyl (C=O) groups excluding carboxylic acids is 2. The van der Waals surface area contributed by atoms with Crippen LogP contribution in [0.4, 0.5) is 10.5 Å². The Kier molecular flexibility index (Phi) is 5.36. The van der Waals surface area contributed by atoms with Gasteiger partial charge in [0.1, 0.15) is 11.3 Å². The van der Waals surface area contributed by atoms with Gasteiger partial charge in [0.25, 0.3) is 0 Å². The molecular formula is C21H15NO6. The Labute approximate surface area is 159 Å². The lowest BCUT2D eigenvalue weighted by Crippen LogP contribution is -2.17. The minimum absolute atomic E-state index is 0.0965.